The van der Waals surface area contributed by atoms with Gasteiger partial charge in [0.2, 0.25) is 0 Å². The van der Waals surface area contributed by atoms with Crippen LogP contribution >= 0.6 is 0 Å². The second-order valence-corrected chi connectivity index (χ2v) is 4.61. The lowest BCUT2D eigenvalue weighted by atomic mass is 10.0. The molecule has 0 fully saturated rings. The summed E-state index contributed by atoms with van der Waals surface area (Å²) < 4.78 is 0. The van der Waals surface area contributed by atoms with E-state index in [9.17, 15) is 0 Å². The standard InChI is InChI=1S/C18H15N.C2H6/c1-14-12-17(15-8-4-2-5-9-15)13-18(19-14)16-10-6-3-7-11-16;1-2/h2-13H,1H3;1-2H3. The molecular formula is C20H21N. The first-order chi connectivity index (χ1) is 10.3. The SMILES string of the molecule is CC.Cc1cc(-c2ccccc2)cc(-c2ccccc2)n1. The first-order valence-electron chi connectivity index (χ1n) is 7.42. The topological polar surface area (TPSA) is 12.9 Å². The van der Waals surface area contributed by atoms with Gasteiger partial charge in [0.15, 0.2) is 0 Å². The van der Waals surface area contributed by atoms with Crippen molar-refractivity contribution < 1.29 is 0 Å². The minimum atomic E-state index is 1.03. The molecule has 3 aromatic rings. The molecule has 0 radical (unpaired) electrons. The van der Waals surface area contributed by atoms with Gasteiger partial charge < -0.3 is 0 Å². The van der Waals surface area contributed by atoms with E-state index in [2.05, 4.69) is 53.5 Å². The molecule has 0 saturated heterocycles. The van der Waals surface area contributed by atoms with E-state index in [0.29, 0.717) is 0 Å². The molecule has 1 aromatic heterocycles. The van der Waals surface area contributed by atoms with Crippen LogP contribution in [-0.4, -0.2) is 4.98 Å². The van der Waals surface area contributed by atoms with Crippen LogP contribution in [0, 0.1) is 6.92 Å². The summed E-state index contributed by atoms with van der Waals surface area (Å²) in [5, 5.41) is 0. The Morgan fingerprint density at radius 2 is 1.14 bits per heavy atom. The monoisotopic (exact) mass is 275 g/mol. The number of benzene rings is 2. The summed E-state index contributed by atoms with van der Waals surface area (Å²) in [5.74, 6) is 0. The Morgan fingerprint density at radius 1 is 0.619 bits per heavy atom. The van der Waals surface area contributed by atoms with Gasteiger partial charge in [0, 0.05) is 11.3 Å². The summed E-state index contributed by atoms with van der Waals surface area (Å²) in [6.07, 6.45) is 0. The highest BCUT2D eigenvalue weighted by atomic mass is 14.7. The maximum Gasteiger partial charge on any atom is 0.0711 e. The zero-order valence-corrected chi connectivity index (χ0v) is 12.9. The maximum atomic E-state index is 4.63. The molecule has 0 amide bonds. The van der Waals surface area contributed by atoms with Crippen LogP contribution in [0.25, 0.3) is 22.4 Å². The lowest BCUT2D eigenvalue weighted by molar-refractivity contribution is 1.21. The van der Waals surface area contributed by atoms with Gasteiger partial charge in [-0.1, -0.05) is 74.5 Å². The summed E-state index contributed by atoms with van der Waals surface area (Å²) in [7, 11) is 0. The summed E-state index contributed by atoms with van der Waals surface area (Å²) in [6, 6.07) is 25.0. The molecule has 1 nitrogen and oxygen atoms in total. The van der Waals surface area contributed by atoms with E-state index < -0.39 is 0 Å². The van der Waals surface area contributed by atoms with Crippen LogP contribution in [0.1, 0.15) is 19.5 Å². The second-order valence-electron chi connectivity index (χ2n) is 4.61. The van der Waals surface area contributed by atoms with Crippen molar-refractivity contribution in [2.24, 2.45) is 0 Å². The van der Waals surface area contributed by atoms with Gasteiger partial charge >= 0.3 is 0 Å². The number of aromatic nitrogens is 1. The third-order valence-corrected chi connectivity index (χ3v) is 3.13. The van der Waals surface area contributed by atoms with Gasteiger partial charge in [-0.3, -0.25) is 4.98 Å². The molecule has 0 saturated carbocycles. The quantitative estimate of drug-likeness (QED) is 0.580. The Bertz CT molecular complexity index is 615. The average molecular weight is 275 g/mol. The van der Waals surface area contributed by atoms with Gasteiger partial charge in [-0.2, -0.15) is 0 Å². The average Bonchev–Trinajstić information content (AvgIpc) is 2.58. The minimum Gasteiger partial charge on any atom is -0.253 e. The van der Waals surface area contributed by atoms with Crippen LogP contribution in [0.15, 0.2) is 72.8 Å². The van der Waals surface area contributed by atoms with Gasteiger partial charge in [-0.25, -0.2) is 0 Å². The predicted octanol–water partition coefficient (Wildman–Crippen LogP) is 5.75. The molecule has 3 rings (SSSR count). The molecule has 2 aromatic carbocycles. The fourth-order valence-corrected chi connectivity index (χ4v) is 2.22. The normalized spacial score (nSPS) is 9.67. The molecule has 1 heterocycles. The summed E-state index contributed by atoms with van der Waals surface area (Å²) in [4.78, 5) is 4.63. The van der Waals surface area contributed by atoms with Gasteiger partial charge in [0.25, 0.3) is 0 Å². The molecule has 21 heavy (non-hydrogen) atoms. The molecule has 1 heteroatoms. The van der Waals surface area contributed by atoms with Crippen molar-refractivity contribution in [2.75, 3.05) is 0 Å². The Morgan fingerprint density at radius 3 is 1.71 bits per heavy atom. The van der Waals surface area contributed by atoms with Crippen molar-refractivity contribution in [2.45, 2.75) is 20.8 Å². The second kappa shape index (κ2) is 7.39. The van der Waals surface area contributed by atoms with Crippen LogP contribution in [0.2, 0.25) is 0 Å². The van der Waals surface area contributed by atoms with Crippen molar-refractivity contribution >= 4 is 0 Å². The van der Waals surface area contributed by atoms with Crippen LogP contribution < -0.4 is 0 Å². The lowest BCUT2D eigenvalue weighted by Crippen LogP contribution is -1.89. The highest BCUT2D eigenvalue weighted by Crippen LogP contribution is 2.25. The Hall–Kier alpha value is -2.41. The molecule has 0 atom stereocenters. The van der Waals surface area contributed by atoms with Crippen LogP contribution in [0.3, 0.4) is 0 Å². The Balaban J connectivity index is 0.000000774. The number of hydrogen-bond donors (Lipinski definition) is 0. The third-order valence-electron chi connectivity index (χ3n) is 3.13. The van der Waals surface area contributed by atoms with E-state index >= 15 is 0 Å². The molecule has 0 spiro atoms. The minimum absolute atomic E-state index is 1.03. The zero-order chi connectivity index (χ0) is 15.1. The largest absolute Gasteiger partial charge is 0.253 e. The molecule has 0 N–H and O–H groups in total. The highest BCUT2D eigenvalue weighted by molar-refractivity contribution is 5.70. The van der Waals surface area contributed by atoms with Crippen LogP contribution in [0.4, 0.5) is 0 Å². The van der Waals surface area contributed by atoms with E-state index in [-0.39, 0.29) is 0 Å². The number of nitrogens with zero attached hydrogens (tertiary/aromatic N) is 1. The fourth-order valence-electron chi connectivity index (χ4n) is 2.22. The Labute approximate surface area is 127 Å². The van der Waals surface area contributed by atoms with Crippen molar-refractivity contribution in [1.82, 2.24) is 4.98 Å². The molecule has 106 valence electrons. The molecule has 0 bridgehead atoms. The first-order valence-corrected chi connectivity index (χ1v) is 7.42. The maximum absolute atomic E-state index is 4.63. The van der Waals surface area contributed by atoms with E-state index in [0.717, 1.165) is 17.0 Å². The van der Waals surface area contributed by atoms with E-state index in [4.69, 9.17) is 0 Å². The van der Waals surface area contributed by atoms with Crippen molar-refractivity contribution in [3.05, 3.63) is 78.5 Å². The zero-order valence-electron chi connectivity index (χ0n) is 12.9. The molecule has 0 aliphatic carbocycles. The van der Waals surface area contributed by atoms with Gasteiger partial charge in [0.05, 0.1) is 5.69 Å². The smallest absolute Gasteiger partial charge is 0.0711 e. The molecule has 0 aliphatic rings. The summed E-state index contributed by atoms with van der Waals surface area (Å²) in [6.45, 7) is 6.04. The number of hydrogen-bond acceptors (Lipinski definition) is 1. The predicted molar refractivity (Wildman–Crippen MR) is 91.2 cm³/mol. The number of pyridine rings is 1. The number of aryl methyl sites for hydroxylation is 1. The van der Waals surface area contributed by atoms with E-state index in [1.807, 2.05) is 45.0 Å². The summed E-state index contributed by atoms with van der Waals surface area (Å²) >= 11 is 0. The van der Waals surface area contributed by atoms with E-state index in [1.54, 1.807) is 0 Å². The van der Waals surface area contributed by atoms with Crippen molar-refractivity contribution in [3.63, 3.8) is 0 Å². The molecule has 0 unspecified atom stereocenters. The lowest BCUT2D eigenvalue weighted by Gasteiger charge is -2.07. The molecule has 0 aliphatic heterocycles. The Kier molecular flexibility index (Phi) is 5.28. The molecular weight excluding hydrogens is 254 g/mol. The fraction of sp³-hybridized carbons (Fsp3) is 0.150. The van der Waals surface area contributed by atoms with Crippen LogP contribution in [0.5, 0.6) is 0 Å². The van der Waals surface area contributed by atoms with Gasteiger partial charge in [-0.15, -0.1) is 0 Å². The van der Waals surface area contributed by atoms with Crippen LogP contribution in [-0.2, 0) is 0 Å². The van der Waals surface area contributed by atoms with Gasteiger partial charge in [0.1, 0.15) is 0 Å². The van der Waals surface area contributed by atoms with E-state index in [1.165, 1.54) is 11.1 Å². The number of rotatable bonds is 2. The van der Waals surface area contributed by atoms with Gasteiger partial charge in [-0.05, 0) is 30.2 Å². The highest BCUT2D eigenvalue weighted by Gasteiger charge is 2.04. The third kappa shape index (κ3) is 3.79. The summed E-state index contributed by atoms with van der Waals surface area (Å²) in [5.41, 5.74) is 5.67. The first kappa shape index (κ1) is 15.0. The van der Waals surface area contributed by atoms with Crippen molar-refractivity contribution in [3.8, 4) is 22.4 Å². The van der Waals surface area contributed by atoms with Crippen molar-refractivity contribution in [1.29, 1.82) is 0 Å².